The summed E-state index contributed by atoms with van der Waals surface area (Å²) in [6.45, 7) is 6.26. The Labute approximate surface area is 119 Å². The van der Waals surface area contributed by atoms with E-state index in [0.717, 1.165) is 30.6 Å². The predicted octanol–water partition coefficient (Wildman–Crippen LogP) is 2.39. The fraction of sp³-hybridized carbons (Fsp3) is 0.750. The Kier molecular flexibility index (Phi) is 2.15. The number of carbonyl (C=O) groups is 2. The average molecular weight is 275 g/mol. The van der Waals surface area contributed by atoms with E-state index in [1.54, 1.807) is 0 Å². The second kappa shape index (κ2) is 3.46. The summed E-state index contributed by atoms with van der Waals surface area (Å²) in [7, 11) is 0. The highest BCUT2D eigenvalue weighted by Crippen LogP contribution is 2.57. The molecule has 1 saturated carbocycles. The van der Waals surface area contributed by atoms with Gasteiger partial charge in [-0.3, -0.25) is 9.59 Å². The van der Waals surface area contributed by atoms with Crippen LogP contribution in [-0.2, 0) is 14.3 Å². The lowest BCUT2D eigenvalue weighted by Gasteiger charge is -2.30. The van der Waals surface area contributed by atoms with Gasteiger partial charge in [0.05, 0.1) is 5.41 Å². The number of Topliss-reactive ketones (excluding diaryl/α,β-unsaturated/α-hetero) is 1. The number of amides is 1. The van der Waals surface area contributed by atoms with E-state index < -0.39 is 5.41 Å². The Morgan fingerprint density at radius 2 is 1.80 bits per heavy atom. The molecule has 0 bridgehead atoms. The molecule has 0 N–H and O–H groups in total. The van der Waals surface area contributed by atoms with Crippen LogP contribution in [0.25, 0.3) is 0 Å². The number of nitrogens with zero attached hydrogens (tertiary/aromatic N) is 1. The Hall–Kier alpha value is -1.32. The Balaban J connectivity index is 1.75. The lowest BCUT2D eigenvalue weighted by atomic mass is 9.69. The zero-order valence-corrected chi connectivity index (χ0v) is 12.4. The zero-order valence-electron chi connectivity index (χ0n) is 12.4. The zero-order chi connectivity index (χ0) is 14.3. The molecule has 4 aliphatic rings. The summed E-state index contributed by atoms with van der Waals surface area (Å²) >= 11 is 0. The molecule has 20 heavy (non-hydrogen) atoms. The summed E-state index contributed by atoms with van der Waals surface area (Å²) in [6.07, 6.45) is 3.73. The minimum atomic E-state index is -0.414. The first-order valence-corrected chi connectivity index (χ1v) is 7.56. The highest BCUT2D eigenvalue weighted by Gasteiger charge is 2.62. The maximum absolute atomic E-state index is 12.6. The van der Waals surface area contributed by atoms with Gasteiger partial charge in [-0.05, 0) is 25.2 Å². The van der Waals surface area contributed by atoms with Gasteiger partial charge >= 0.3 is 0 Å². The number of hydrogen-bond donors (Lipinski definition) is 0. The molecule has 2 heterocycles. The molecule has 2 fully saturated rings. The number of allylic oxidation sites excluding steroid dienone is 1. The van der Waals surface area contributed by atoms with E-state index >= 15 is 0 Å². The number of hydrogen-bond acceptors (Lipinski definition) is 3. The second-order valence-corrected chi connectivity index (χ2v) is 7.84. The molecule has 0 aromatic carbocycles. The predicted molar refractivity (Wildman–Crippen MR) is 72.5 cm³/mol. The van der Waals surface area contributed by atoms with Gasteiger partial charge in [-0.1, -0.05) is 13.8 Å². The summed E-state index contributed by atoms with van der Waals surface area (Å²) < 4.78 is 6.15. The van der Waals surface area contributed by atoms with Crippen molar-refractivity contribution in [2.24, 2.45) is 10.8 Å². The first kappa shape index (κ1) is 12.4. The minimum absolute atomic E-state index is 0.0284. The number of ketones is 1. The monoisotopic (exact) mass is 275 g/mol. The number of likely N-dealkylation sites (tertiary alicyclic amines) is 1. The van der Waals surface area contributed by atoms with Crippen LogP contribution in [0.15, 0.2) is 11.3 Å². The minimum Gasteiger partial charge on any atom is -0.473 e. The van der Waals surface area contributed by atoms with Gasteiger partial charge in [0.2, 0.25) is 5.91 Å². The third-order valence-electron chi connectivity index (χ3n) is 5.21. The first-order valence-electron chi connectivity index (χ1n) is 7.56. The number of rotatable bonds is 1. The number of ether oxygens (including phenoxy) is 1. The average Bonchev–Trinajstić information content (AvgIpc) is 3.00. The quantitative estimate of drug-likeness (QED) is 0.738. The van der Waals surface area contributed by atoms with Crippen LogP contribution in [0, 0.1) is 10.8 Å². The van der Waals surface area contributed by atoms with Crippen LogP contribution in [0.5, 0.6) is 0 Å². The molecule has 2 aliphatic heterocycles. The van der Waals surface area contributed by atoms with Gasteiger partial charge in [-0.15, -0.1) is 0 Å². The Morgan fingerprint density at radius 1 is 1.10 bits per heavy atom. The van der Waals surface area contributed by atoms with Gasteiger partial charge in [0.15, 0.2) is 12.0 Å². The first-order chi connectivity index (χ1) is 9.32. The lowest BCUT2D eigenvalue weighted by Crippen LogP contribution is -2.40. The van der Waals surface area contributed by atoms with Crippen molar-refractivity contribution >= 4 is 11.7 Å². The molecule has 108 valence electrons. The van der Waals surface area contributed by atoms with E-state index in [1.165, 1.54) is 0 Å². The SMILES string of the molecule is CC1(C)CC(=O)C2=C(C1)O[C@@H]1N(C3CC3)C(=O)C[C@@]21C. The van der Waals surface area contributed by atoms with Gasteiger partial charge in [0.25, 0.3) is 0 Å². The second-order valence-electron chi connectivity index (χ2n) is 7.84. The van der Waals surface area contributed by atoms with Crippen molar-refractivity contribution in [3.8, 4) is 0 Å². The van der Waals surface area contributed by atoms with E-state index in [0.29, 0.717) is 18.9 Å². The molecule has 2 atom stereocenters. The molecule has 1 amide bonds. The van der Waals surface area contributed by atoms with E-state index in [-0.39, 0.29) is 23.3 Å². The van der Waals surface area contributed by atoms with Crippen molar-refractivity contribution in [3.05, 3.63) is 11.3 Å². The van der Waals surface area contributed by atoms with Crippen LogP contribution in [0.4, 0.5) is 0 Å². The topological polar surface area (TPSA) is 46.6 Å². The van der Waals surface area contributed by atoms with Gasteiger partial charge in [0, 0.05) is 30.9 Å². The van der Waals surface area contributed by atoms with Crippen LogP contribution in [-0.4, -0.2) is 28.9 Å². The maximum Gasteiger partial charge on any atom is 0.226 e. The molecular weight excluding hydrogens is 254 g/mol. The summed E-state index contributed by atoms with van der Waals surface area (Å²) in [5, 5.41) is 0. The number of carbonyl (C=O) groups excluding carboxylic acids is 2. The van der Waals surface area contributed by atoms with Crippen molar-refractivity contribution < 1.29 is 14.3 Å². The molecule has 0 radical (unpaired) electrons. The highest BCUT2D eigenvalue weighted by molar-refractivity contribution is 6.01. The summed E-state index contributed by atoms with van der Waals surface area (Å²) in [5.74, 6) is 1.20. The fourth-order valence-electron chi connectivity index (χ4n) is 4.21. The molecule has 0 aromatic heterocycles. The molecule has 4 rings (SSSR count). The highest BCUT2D eigenvalue weighted by atomic mass is 16.5. The molecule has 4 heteroatoms. The van der Waals surface area contributed by atoms with Crippen molar-refractivity contribution in [3.63, 3.8) is 0 Å². The molecular formula is C16H21NO3. The molecule has 0 aromatic rings. The fourth-order valence-corrected chi connectivity index (χ4v) is 4.21. The van der Waals surface area contributed by atoms with E-state index in [9.17, 15) is 9.59 Å². The number of fused-ring (bicyclic) bond motifs is 2. The lowest BCUT2D eigenvalue weighted by molar-refractivity contribution is -0.135. The van der Waals surface area contributed by atoms with Crippen LogP contribution >= 0.6 is 0 Å². The van der Waals surface area contributed by atoms with E-state index in [1.807, 2.05) is 11.8 Å². The third-order valence-corrected chi connectivity index (χ3v) is 5.21. The van der Waals surface area contributed by atoms with Gasteiger partial charge < -0.3 is 9.64 Å². The van der Waals surface area contributed by atoms with Crippen molar-refractivity contribution in [1.82, 2.24) is 4.90 Å². The smallest absolute Gasteiger partial charge is 0.226 e. The molecule has 0 unspecified atom stereocenters. The van der Waals surface area contributed by atoms with Gasteiger partial charge in [-0.2, -0.15) is 0 Å². The summed E-state index contributed by atoms with van der Waals surface area (Å²) in [6, 6.07) is 0.346. The van der Waals surface area contributed by atoms with Gasteiger partial charge in [0.1, 0.15) is 5.76 Å². The van der Waals surface area contributed by atoms with Crippen LogP contribution in [0.3, 0.4) is 0 Å². The van der Waals surface area contributed by atoms with Crippen LogP contribution in [0.1, 0.15) is 52.9 Å². The van der Waals surface area contributed by atoms with Crippen LogP contribution < -0.4 is 0 Å². The van der Waals surface area contributed by atoms with Crippen molar-refractivity contribution in [2.45, 2.75) is 65.1 Å². The molecule has 4 nitrogen and oxygen atoms in total. The standard InChI is InChI=1S/C16H21NO3/c1-15(2)6-10(18)13-11(7-15)20-14-16(13,3)8-12(19)17(14)9-4-5-9/h9,14H,4-8H2,1-3H3/t14-,16-/m0/s1. The van der Waals surface area contributed by atoms with Crippen LogP contribution in [0.2, 0.25) is 0 Å². The maximum atomic E-state index is 12.6. The summed E-state index contributed by atoms with van der Waals surface area (Å²) in [5.41, 5.74) is 0.375. The summed E-state index contributed by atoms with van der Waals surface area (Å²) in [4.78, 5) is 26.8. The van der Waals surface area contributed by atoms with Crippen molar-refractivity contribution in [1.29, 1.82) is 0 Å². The normalized spacial score (nSPS) is 39.0. The molecule has 2 aliphatic carbocycles. The molecule has 1 saturated heterocycles. The van der Waals surface area contributed by atoms with Crippen molar-refractivity contribution in [2.75, 3.05) is 0 Å². The van der Waals surface area contributed by atoms with E-state index in [4.69, 9.17) is 4.74 Å². The Bertz CT molecular complexity index is 558. The molecule has 0 spiro atoms. The third kappa shape index (κ3) is 1.48. The largest absolute Gasteiger partial charge is 0.473 e. The van der Waals surface area contributed by atoms with E-state index in [2.05, 4.69) is 13.8 Å². The Morgan fingerprint density at radius 3 is 2.45 bits per heavy atom. The van der Waals surface area contributed by atoms with Gasteiger partial charge in [-0.25, -0.2) is 0 Å².